The number of nitrogens with zero attached hydrogens (tertiary/aromatic N) is 1. The molecule has 0 amide bonds. The van der Waals surface area contributed by atoms with E-state index in [1.54, 1.807) is 0 Å². The van der Waals surface area contributed by atoms with E-state index in [2.05, 4.69) is 4.90 Å². The smallest absolute Gasteiger partial charge is 0.202 e. The largest absolute Gasteiger partial charge is 0.367 e. The summed E-state index contributed by atoms with van der Waals surface area (Å²) in [5.74, 6) is 0.117. The summed E-state index contributed by atoms with van der Waals surface area (Å²) in [5, 5.41) is 1.92. The van der Waals surface area contributed by atoms with Gasteiger partial charge in [0.1, 0.15) is 6.10 Å². The van der Waals surface area contributed by atoms with Gasteiger partial charge in [0.15, 0.2) is 0 Å². The van der Waals surface area contributed by atoms with Crippen LogP contribution in [-0.4, -0.2) is 43.5 Å². The molecule has 0 spiro atoms. The molecule has 1 aliphatic heterocycles. The summed E-state index contributed by atoms with van der Waals surface area (Å²) >= 11 is 1.48. The second-order valence-corrected chi connectivity index (χ2v) is 4.41. The van der Waals surface area contributed by atoms with Gasteiger partial charge in [0.05, 0.1) is 11.5 Å². The third-order valence-corrected chi connectivity index (χ3v) is 3.21. The van der Waals surface area contributed by atoms with Gasteiger partial charge in [-0.3, -0.25) is 4.79 Å². The summed E-state index contributed by atoms with van der Waals surface area (Å²) in [6.07, 6.45) is -0.271. The molecule has 0 aliphatic carbocycles. The molecule has 1 aromatic heterocycles. The van der Waals surface area contributed by atoms with Crippen molar-refractivity contribution in [3.8, 4) is 0 Å². The number of rotatable bonds is 2. The van der Waals surface area contributed by atoms with E-state index < -0.39 is 0 Å². The van der Waals surface area contributed by atoms with Gasteiger partial charge in [-0.05, 0) is 18.5 Å². The maximum atomic E-state index is 11.9. The van der Waals surface area contributed by atoms with Crippen LogP contribution < -0.4 is 0 Å². The lowest BCUT2D eigenvalue weighted by Crippen LogP contribution is -2.43. The Balaban J connectivity index is 2.04. The molecule has 2 heterocycles. The predicted molar refractivity (Wildman–Crippen MR) is 55.9 cm³/mol. The topological polar surface area (TPSA) is 29.5 Å². The fourth-order valence-electron chi connectivity index (χ4n) is 1.51. The molecule has 0 saturated carbocycles. The molecule has 0 bridgehead atoms. The lowest BCUT2D eigenvalue weighted by Gasteiger charge is -2.28. The number of thiophene rings is 1. The van der Waals surface area contributed by atoms with Crippen molar-refractivity contribution in [1.82, 2.24) is 4.90 Å². The van der Waals surface area contributed by atoms with Crippen molar-refractivity contribution in [2.75, 3.05) is 26.7 Å². The highest BCUT2D eigenvalue weighted by Crippen LogP contribution is 2.15. The van der Waals surface area contributed by atoms with Crippen LogP contribution in [0.15, 0.2) is 17.5 Å². The molecular formula is C10H13NO2S. The van der Waals surface area contributed by atoms with Crippen molar-refractivity contribution < 1.29 is 9.53 Å². The molecule has 1 aliphatic rings. The molecule has 0 radical (unpaired) electrons. The fourth-order valence-corrected chi connectivity index (χ4v) is 2.22. The molecule has 3 nitrogen and oxygen atoms in total. The number of carbonyl (C=O) groups excluding carboxylic acids is 1. The van der Waals surface area contributed by atoms with Gasteiger partial charge in [-0.2, -0.15) is 0 Å². The van der Waals surface area contributed by atoms with E-state index in [4.69, 9.17) is 4.74 Å². The SMILES string of the molecule is CN1CCOC(C(=O)c2cccs2)C1. The van der Waals surface area contributed by atoms with Crippen LogP contribution in [0.2, 0.25) is 0 Å². The van der Waals surface area contributed by atoms with Crippen molar-refractivity contribution in [3.63, 3.8) is 0 Å². The van der Waals surface area contributed by atoms with Crippen LogP contribution in [0.3, 0.4) is 0 Å². The first-order valence-electron chi connectivity index (χ1n) is 4.65. The number of Topliss-reactive ketones (excluding diaryl/α,β-unsaturated/α-hetero) is 1. The Morgan fingerprint density at radius 1 is 1.71 bits per heavy atom. The quantitative estimate of drug-likeness (QED) is 0.690. The Kier molecular flexibility index (Phi) is 2.96. The summed E-state index contributed by atoms with van der Waals surface area (Å²) in [6, 6.07) is 3.75. The average Bonchev–Trinajstić information content (AvgIpc) is 2.69. The number of likely N-dealkylation sites (N-methyl/N-ethyl adjacent to an activating group) is 1. The van der Waals surface area contributed by atoms with Gasteiger partial charge in [-0.15, -0.1) is 11.3 Å². The van der Waals surface area contributed by atoms with E-state index in [9.17, 15) is 4.79 Å². The maximum absolute atomic E-state index is 11.9. The van der Waals surface area contributed by atoms with Crippen LogP contribution in [-0.2, 0) is 4.74 Å². The Morgan fingerprint density at radius 3 is 3.21 bits per heavy atom. The third kappa shape index (κ3) is 2.03. The summed E-state index contributed by atoms with van der Waals surface area (Å²) in [6.45, 7) is 2.27. The fraction of sp³-hybridized carbons (Fsp3) is 0.500. The standard InChI is InChI=1S/C10H13NO2S/c1-11-4-5-13-8(7-11)10(12)9-3-2-6-14-9/h2-3,6,8H,4-5,7H2,1H3. The minimum Gasteiger partial charge on any atom is -0.367 e. The highest BCUT2D eigenvalue weighted by atomic mass is 32.1. The van der Waals surface area contributed by atoms with Gasteiger partial charge in [0.2, 0.25) is 5.78 Å². The van der Waals surface area contributed by atoms with Crippen LogP contribution in [0.5, 0.6) is 0 Å². The zero-order valence-corrected chi connectivity index (χ0v) is 8.92. The molecule has 1 fully saturated rings. The first-order chi connectivity index (χ1) is 6.77. The number of morpholine rings is 1. The van der Waals surface area contributed by atoms with E-state index in [0.717, 1.165) is 11.4 Å². The molecule has 0 N–H and O–H groups in total. The van der Waals surface area contributed by atoms with Gasteiger partial charge in [-0.1, -0.05) is 6.07 Å². The normalized spacial score (nSPS) is 23.6. The molecule has 2 rings (SSSR count). The Morgan fingerprint density at radius 2 is 2.57 bits per heavy atom. The van der Waals surface area contributed by atoms with Gasteiger partial charge < -0.3 is 9.64 Å². The monoisotopic (exact) mass is 211 g/mol. The molecule has 1 aromatic rings. The number of carbonyl (C=O) groups is 1. The molecular weight excluding hydrogens is 198 g/mol. The molecule has 76 valence electrons. The first kappa shape index (κ1) is 9.83. The molecule has 14 heavy (non-hydrogen) atoms. The lowest BCUT2D eigenvalue weighted by molar-refractivity contribution is -0.00839. The molecule has 1 saturated heterocycles. The van der Waals surface area contributed by atoms with Crippen LogP contribution in [0, 0.1) is 0 Å². The third-order valence-electron chi connectivity index (χ3n) is 2.33. The molecule has 1 unspecified atom stereocenters. The second kappa shape index (κ2) is 4.21. The van der Waals surface area contributed by atoms with Crippen LogP contribution in [0.25, 0.3) is 0 Å². The van der Waals surface area contributed by atoms with E-state index in [1.807, 2.05) is 24.6 Å². The Hall–Kier alpha value is -0.710. The Labute approximate surface area is 87.3 Å². The van der Waals surface area contributed by atoms with Crippen molar-refractivity contribution in [2.45, 2.75) is 6.10 Å². The van der Waals surface area contributed by atoms with Crippen LogP contribution >= 0.6 is 11.3 Å². The zero-order valence-electron chi connectivity index (χ0n) is 8.10. The summed E-state index contributed by atoms with van der Waals surface area (Å²) < 4.78 is 5.45. The van der Waals surface area contributed by atoms with Crippen molar-refractivity contribution in [3.05, 3.63) is 22.4 Å². The van der Waals surface area contributed by atoms with Crippen molar-refractivity contribution in [1.29, 1.82) is 0 Å². The van der Waals surface area contributed by atoms with Crippen molar-refractivity contribution >= 4 is 17.1 Å². The van der Waals surface area contributed by atoms with E-state index in [-0.39, 0.29) is 11.9 Å². The molecule has 4 heteroatoms. The summed E-state index contributed by atoms with van der Waals surface area (Å²) in [7, 11) is 2.01. The van der Waals surface area contributed by atoms with Gasteiger partial charge >= 0.3 is 0 Å². The number of ether oxygens (including phenoxy) is 1. The number of hydrogen-bond donors (Lipinski definition) is 0. The van der Waals surface area contributed by atoms with Crippen molar-refractivity contribution in [2.24, 2.45) is 0 Å². The Bertz CT molecular complexity index is 310. The lowest BCUT2D eigenvalue weighted by atomic mass is 10.1. The number of ketones is 1. The van der Waals surface area contributed by atoms with Crippen LogP contribution in [0.4, 0.5) is 0 Å². The molecule has 0 aromatic carbocycles. The van der Waals surface area contributed by atoms with E-state index in [1.165, 1.54) is 11.3 Å². The average molecular weight is 211 g/mol. The summed E-state index contributed by atoms with van der Waals surface area (Å²) in [5.41, 5.74) is 0. The second-order valence-electron chi connectivity index (χ2n) is 3.46. The zero-order chi connectivity index (χ0) is 9.97. The van der Waals surface area contributed by atoms with E-state index >= 15 is 0 Å². The minimum atomic E-state index is -0.271. The van der Waals surface area contributed by atoms with Gasteiger partial charge in [0.25, 0.3) is 0 Å². The minimum absolute atomic E-state index is 0.117. The van der Waals surface area contributed by atoms with E-state index in [0.29, 0.717) is 13.2 Å². The van der Waals surface area contributed by atoms with Gasteiger partial charge in [-0.25, -0.2) is 0 Å². The highest BCUT2D eigenvalue weighted by Gasteiger charge is 2.26. The summed E-state index contributed by atoms with van der Waals surface area (Å²) in [4.78, 5) is 14.8. The predicted octanol–water partition coefficient (Wildman–Crippen LogP) is 1.26. The first-order valence-corrected chi connectivity index (χ1v) is 5.53. The highest BCUT2D eigenvalue weighted by molar-refractivity contribution is 7.12. The number of hydrogen-bond acceptors (Lipinski definition) is 4. The maximum Gasteiger partial charge on any atom is 0.202 e. The van der Waals surface area contributed by atoms with Gasteiger partial charge in [0, 0.05) is 13.1 Å². The molecule has 1 atom stereocenters. The van der Waals surface area contributed by atoms with Crippen LogP contribution in [0.1, 0.15) is 9.67 Å².